The number of aromatic nitrogens is 2. The van der Waals surface area contributed by atoms with E-state index >= 15 is 0 Å². The van der Waals surface area contributed by atoms with E-state index in [0.717, 1.165) is 26.2 Å². The lowest BCUT2D eigenvalue weighted by Crippen LogP contribution is -2.13. The van der Waals surface area contributed by atoms with Gasteiger partial charge in [-0.05, 0) is 72.3 Å². The maximum absolute atomic E-state index is 12.4. The molecule has 1 amide bonds. The fraction of sp³-hybridized carbons (Fsp3) is 0.125. The summed E-state index contributed by atoms with van der Waals surface area (Å²) in [5.41, 5.74) is 4.19. The lowest BCUT2D eigenvalue weighted by molar-refractivity contribution is 0.102. The summed E-state index contributed by atoms with van der Waals surface area (Å²) < 4.78 is 3.06. The van der Waals surface area contributed by atoms with Gasteiger partial charge in [-0.2, -0.15) is 0 Å². The van der Waals surface area contributed by atoms with Crippen LogP contribution < -0.4 is 5.32 Å². The number of rotatable bonds is 2. The van der Waals surface area contributed by atoms with Crippen LogP contribution in [0.5, 0.6) is 0 Å². The number of pyridine rings is 1. The first-order valence-electron chi connectivity index (χ1n) is 6.56. The molecule has 4 nitrogen and oxygen atoms in total. The minimum Gasteiger partial charge on any atom is -0.322 e. The van der Waals surface area contributed by atoms with Gasteiger partial charge in [0.2, 0.25) is 0 Å². The maximum Gasteiger partial charge on any atom is 0.255 e. The Morgan fingerprint density at radius 1 is 1.24 bits per heavy atom. The van der Waals surface area contributed by atoms with Gasteiger partial charge in [-0.3, -0.25) is 4.79 Å². The Hall–Kier alpha value is -1.89. The van der Waals surface area contributed by atoms with Gasteiger partial charge in [0.05, 0.1) is 5.69 Å². The quantitative estimate of drug-likeness (QED) is 0.676. The number of nitrogens with one attached hydrogen (secondary N) is 1. The van der Waals surface area contributed by atoms with Gasteiger partial charge in [-0.25, -0.2) is 4.98 Å². The summed E-state index contributed by atoms with van der Waals surface area (Å²) in [5.74, 6) is -0.123. The molecule has 1 aromatic carbocycles. The van der Waals surface area contributed by atoms with Gasteiger partial charge in [0.15, 0.2) is 0 Å². The summed E-state index contributed by atoms with van der Waals surface area (Å²) >= 11 is 2.26. The Labute approximate surface area is 136 Å². The molecule has 0 aliphatic carbocycles. The first kappa shape index (κ1) is 14.1. The zero-order valence-electron chi connectivity index (χ0n) is 11.7. The number of carbonyl (C=O) groups excluding carboxylic acids is 1. The minimum absolute atomic E-state index is 0.123. The smallest absolute Gasteiger partial charge is 0.255 e. The van der Waals surface area contributed by atoms with Crippen LogP contribution in [0.3, 0.4) is 0 Å². The number of anilines is 1. The number of aryl methyl sites for hydroxylation is 2. The molecule has 5 heteroatoms. The molecule has 3 rings (SSSR count). The Kier molecular flexibility index (Phi) is 3.67. The number of nitrogens with zero attached hydrogens (tertiary/aromatic N) is 2. The summed E-state index contributed by atoms with van der Waals surface area (Å²) in [6, 6.07) is 9.53. The highest BCUT2D eigenvalue weighted by molar-refractivity contribution is 14.1. The summed E-state index contributed by atoms with van der Waals surface area (Å²) in [6.07, 6.45) is 3.78. The first-order valence-corrected chi connectivity index (χ1v) is 7.64. The highest BCUT2D eigenvalue weighted by atomic mass is 127. The van der Waals surface area contributed by atoms with Crippen LogP contribution >= 0.6 is 22.6 Å². The van der Waals surface area contributed by atoms with Gasteiger partial charge in [0, 0.05) is 27.2 Å². The molecule has 0 saturated carbocycles. The van der Waals surface area contributed by atoms with Crippen molar-refractivity contribution in [1.82, 2.24) is 9.38 Å². The highest BCUT2D eigenvalue weighted by Gasteiger charge is 2.09. The van der Waals surface area contributed by atoms with Gasteiger partial charge in [-0.15, -0.1) is 0 Å². The molecule has 0 unspecified atom stereocenters. The number of benzene rings is 1. The van der Waals surface area contributed by atoms with Crippen molar-refractivity contribution in [3.05, 3.63) is 63.1 Å². The van der Waals surface area contributed by atoms with Crippen molar-refractivity contribution in [2.45, 2.75) is 13.8 Å². The molecule has 0 aliphatic heterocycles. The van der Waals surface area contributed by atoms with Crippen molar-refractivity contribution in [2.75, 3.05) is 5.32 Å². The minimum atomic E-state index is -0.123. The molecule has 0 aliphatic rings. The first-order chi connectivity index (χ1) is 10.0. The van der Waals surface area contributed by atoms with E-state index in [4.69, 9.17) is 0 Å². The summed E-state index contributed by atoms with van der Waals surface area (Å²) in [6.45, 7) is 3.92. The second-order valence-corrected chi connectivity index (χ2v) is 6.22. The van der Waals surface area contributed by atoms with Crippen molar-refractivity contribution in [3.63, 3.8) is 0 Å². The molecule has 21 heavy (non-hydrogen) atoms. The van der Waals surface area contributed by atoms with Crippen molar-refractivity contribution >= 4 is 39.8 Å². The van der Waals surface area contributed by atoms with E-state index in [1.165, 1.54) is 0 Å². The Balaban J connectivity index is 1.89. The number of fused-ring (bicyclic) bond motifs is 1. The van der Waals surface area contributed by atoms with Crippen LogP contribution in [0.25, 0.3) is 5.65 Å². The van der Waals surface area contributed by atoms with E-state index in [-0.39, 0.29) is 5.91 Å². The Bertz CT molecular complexity index is 839. The highest BCUT2D eigenvalue weighted by Crippen LogP contribution is 2.19. The molecule has 0 saturated heterocycles. The predicted molar refractivity (Wildman–Crippen MR) is 91.8 cm³/mol. The van der Waals surface area contributed by atoms with E-state index in [1.54, 1.807) is 12.1 Å². The molecular formula is C16H14IN3O. The normalized spacial score (nSPS) is 10.8. The largest absolute Gasteiger partial charge is 0.322 e. The van der Waals surface area contributed by atoms with Crippen molar-refractivity contribution in [1.29, 1.82) is 0 Å². The second kappa shape index (κ2) is 5.48. The molecule has 106 valence electrons. The van der Waals surface area contributed by atoms with Crippen molar-refractivity contribution in [3.8, 4) is 0 Å². The third-order valence-electron chi connectivity index (χ3n) is 3.28. The summed E-state index contributed by atoms with van der Waals surface area (Å²) in [7, 11) is 0. The van der Waals surface area contributed by atoms with Crippen molar-refractivity contribution in [2.24, 2.45) is 0 Å². The fourth-order valence-corrected chi connectivity index (χ4v) is 2.86. The Morgan fingerprint density at radius 2 is 2.05 bits per heavy atom. The number of hydrogen-bond donors (Lipinski definition) is 1. The zero-order chi connectivity index (χ0) is 15.0. The van der Waals surface area contributed by atoms with Crippen molar-refractivity contribution < 1.29 is 4.79 Å². The number of carbonyl (C=O) groups is 1. The monoisotopic (exact) mass is 391 g/mol. The molecule has 2 aromatic heterocycles. The van der Waals surface area contributed by atoms with Crippen LogP contribution in [-0.4, -0.2) is 15.3 Å². The number of amides is 1. The SMILES string of the molecule is Cc1cn2ccc(C(=O)Nc3ccc(I)cc3C)cc2n1. The number of halogens is 1. The molecule has 0 spiro atoms. The van der Waals surface area contributed by atoms with Crippen LogP contribution in [0.4, 0.5) is 5.69 Å². The molecule has 3 aromatic rings. The predicted octanol–water partition coefficient (Wildman–Crippen LogP) is 3.81. The molecule has 1 N–H and O–H groups in total. The molecule has 0 bridgehead atoms. The summed E-state index contributed by atoms with van der Waals surface area (Å²) in [4.78, 5) is 16.7. The van der Waals surface area contributed by atoms with E-state index in [9.17, 15) is 4.79 Å². The van der Waals surface area contributed by atoms with Gasteiger partial charge >= 0.3 is 0 Å². The molecular weight excluding hydrogens is 377 g/mol. The topological polar surface area (TPSA) is 46.4 Å². The molecule has 0 atom stereocenters. The average Bonchev–Trinajstić information content (AvgIpc) is 2.80. The van der Waals surface area contributed by atoms with Gasteiger partial charge in [0.25, 0.3) is 5.91 Å². The molecule has 0 fully saturated rings. The van der Waals surface area contributed by atoms with E-state index in [1.807, 2.05) is 48.8 Å². The fourth-order valence-electron chi connectivity index (χ4n) is 2.21. The maximum atomic E-state index is 12.4. The van der Waals surface area contributed by atoms with Crippen LogP contribution in [-0.2, 0) is 0 Å². The summed E-state index contributed by atoms with van der Waals surface area (Å²) in [5, 5.41) is 2.95. The number of hydrogen-bond acceptors (Lipinski definition) is 2. The Morgan fingerprint density at radius 3 is 2.81 bits per heavy atom. The van der Waals surface area contributed by atoms with Crippen LogP contribution in [0.2, 0.25) is 0 Å². The third kappa shape index (κ3) is 2.92. The van der Waals surface area contributed by atoms with Gasteiger partial charge < -0.3 is 9.72 Å². The average molecular weight is 391 g/mol. The molecule has 0 radical (unpaired) electrons. The third-order valence-corrected chi connectivity index (χ3v) is 3.95. The number of imidazole rings is 1. The second-order valence-electron chi connectivity index (χ2n) is 4.98. The van der Waals surface area contributed by atoms with Crippen LogP contribution in [0, 0.1) is 17.4 Å². The molecule has 2 heterocycles. The standard InChI is InChI=1S/C16H14IN3O/c1-10-7-13(17)3-4-14(10)19-16(21)12-5-6-20-9-11(2)18-15(20)8-12/h3-9H,1-2H3,(H,19,21). The lowest BCUT2D eigenvalue weighted by atomic mass is 10.2. The van der Waals surface area contributed by atoms with E-state index < -0.39 is 0 Å². The van der Waals surface area contributed by atoms with Crippen LogP contribution in [0.1, 0.15) is 21.6 Å². The lowest BCUT2D eigenvalue weighted by Gasteiger charge is -2.09. The van der Waals surface area contributed by atoms with E-state index in [2.05, 4.69) is 32.9 Å². The zero-order valence-corrected chi connectivity index (χ0v) is 13.9. The van der Waals surface area contributed by atoms with E-state index in [0.29, 0.717) is 5.56 Å². The van der Waals surface area contributed by atoms with Crippen LogP contribution in [0.15, 0.2) is 42.7 Å². The van der Waals surface area contributed by atoms with Gasteiger partial charge in [0.1, 0.15) is 5.65 Å². The van der Waals surface area contributed by atoms with Gasteiger partial charge in [-0.1, -0.05) is 0 Å².